The summed E-state index contributed by atoms with van der Waals surface area (Å²) in [5.74, 6) is 0.367. The summed E-state index contributed by atoms with van der Waals surface area (Å²) in [5, 5.41) is 16.0. The number of aromatic hydroxyl groups is 1. The van der Waals surface area contributed by atoms with Gasteiger partial charge in [0.1, 0.15) is 11.4 Å². The lowest BCUT2D eigenvalue weighted by Gasteiger charge is -2.22. The van der Waals surface area contributed by atoms with Crippen molar-refractivity contribution >= 4 is 11.6 Å². The first-order chi connectivity index (χ1) is 12.5. The second-order valence-electron chi connectivity index (χ2n) is 6.86. The minimum absolute atomic E-state index is 0.0117. The number of rotatable bonds is 11. The monoisotopic (exact) mass is 365 g/mol. The third-order valence-corrected chi connectivity index (χ3v) is 4.21. The highest BCUT2D eigenvalue weighted by Gasteiger charge is 2.22. The van der Waals surface area contributed by atoms with Gasteiger partial charge in [-0.05, 0) is 51.9 Å². The Labute approximate surface area is 155 Å². The molecule has 7 heteroatoms. The maximum Gasteiger partial charge on any atom is 0.262 e. The van der Waals surface area contributed by atoms with Gasteiger partial charge in [-0.3, -0.25) is 4.79 Å². The predicted molar refractivity (Wildman–Crippen MR) is 102 cm³/mol. The average molecular weight is 365 g/mol. The Morgan fingerprint density at radius 2 is 2.15 bits per heavy atom. The average Bonchev–Trinajstić information content (AvgIpc) is 2.60. The molecule has 0 spiro atoms. The van der Waals surface area contributed by atoms with Crippen LogP contribution < -0.4 is 15.4 Å². The zero-order valence-electron chi connectivity index (χ0n) is 16.0. The Morgan fingerprint density at radius 3 is 2.92 bits per heavy atom. The minimum atomic E-state index is -0.245. The molecule has 0 unspecified atom stereocenters. The summed E-state index contributed by atoms with van der Waals surface area (Å²) in [6.45, 7) is 8.60. The normalized spacial score (nSPS) is 13.7. The first kappa shape index (κ1) is 20.5. The van der Waals surface area contributed by atoms with E-state index in [1.807, 2.05) is 6.07 Å². The quantitative estimate of drug-likeness (QED) is 0.408. The first-order valence-electron chi connectivity index (χ1n) is 9.25. The molecule has 0 saturated heterocycles. The number of carbonyl (C=O) groups excluding carboxylic acids is 1. The van der Waals surface area contributed by atoms with Crippen molar-refractivity contribution < 1.29 is 19.4 Å². The molecule has 0 aromatic heterocycles. The van der Waals surface area contributed by atoms with Gasteiger partial charge in [-0.1, -0.05) is 6.07 Å². The molecule has 1 amide bonds. The summed E-state index contributed by atoms with van der Waals surface area (Å²) in [7, 11) is 2.12. The molecule has 1 aliphatic heterocycles. The molecule has 0 bridgehead atoms. The number of carbonyl (C=O) groups is 1. The SMILES string of the molecule is CC(C)OCCCN(C)CCNCCc1ccc(O)c2c1OCC(=O)N2. The third-order valence-electron chi connectivity index (χ3n) is 4.21. The molecule has 1 aromatic rings. The number of phenols is 1. The van der Waals surface area contributed by atoms with Crippen molar-refractivity contribution in [3.05, 3.63) is 17.7 Å². The van der Waals surface area contributed by atoms with Crippen LogP contribution in [0.15, 0.2) is 12.1 Å². The maximum atomic E-state index is 11.4. The van der Waals surface area contributed by atoms with E-state index in [4.69, 9.17) is 9.47 Å². The van der Waals surface area contributed by atoms with Crippen LogP contribution in [0.5, 0.6) is 11.5 Å². The maximum absolute atomic E-state index is 11.4. The largest absolute Gasteiger partial charge is 0.506 e. The second kappa shape index (κ2) is 10.4. The van der Waals surface area contributed by atoms with Crippen LogP contribution in [-0.2, 0) is 16.0 Å². The zero-order chi connectivity index (χ0) is 18.9. The van der Waals surface area contributed by atoms with Crippen LogP contribution in [-0.4, -0.2) is 68.5 Å². The van der Waals surface area contributed by atoms with Crippen molar-refractivity contribution in [2.45, 2.75) is 32.8 Å². The van der Waals surface area contributed by atoms with Crippen molar-refractivity contribution in [3.8, 4) is 11.5 Å². The molecular formula is C19H31N3O4. The van der Waals surface area contributed by atoms with Gasteiger partial charge in [0.25, 0.3) is 5.91 Å². The van der Waals surface area contributed by atoms with Crippen molar-refractivity contribution in [1.29, 1.82) is 0 Å². The number of anilines is 1. The fourth-order valence-electron chi connectivity index (χ4n) is 2.79. The van der Waals surface area contributed by atoms with Gasteiger partial charge in [0.05, 0.1) is 6.10 Å². The minimum Gasteiger partial charge on any atom is -0.506 e. The molecule has 0 fully saturated rings. The van der Waals surface area contributed by atoms with E-state index in [-0.39, 0.29) is 18.3 Å². The summed E-state index contributed by atoms with van der Waals surface area (Å²) in [4.78, 5) is 13.7. The van der Waals surface area contributed by atoms with Gasteiger partial charge in [-0.15, -0.1) is 0 Å². The standard InChI is InChI=1S/C19H31N3O4/c1-14(2)25-12-4-10-22(3)11-9-20-8-7-15-5-6-16(23)18-19(15)26-13-17(24)21-18/h5-6,14,20,23H,4,7-13H2,1-3H3,(H,21,24). The highest BCUT2D eigenvalue weighted by molar-refractivity contribution is 5.97. The van der Waals surface area contributed by atoms with E-state index in [1.165, 1.54) is 0 Å². The van der Waals surface area contributed by atoms with Crippen LogP contribution in [0.4, 0.5) is 5.69 Å². The summed E-state index contributed by atoms with van der Waals surface area (Å²) >= 11 is 0. The summed E-state index contributed by atoms with van der Waals surface area (Å²) in [5.41, 5.74) is 1.35. The van der Waals surface area contributed by atoms with Gasteiger partial charge in [0, 0.05) is 26.2 Å². The summed E-state index contributed by atoms with van der Waals surface area (Å²) < 4.78 is 11.0. The van der Waals surface area contributed by atoms with E-state index in [0.29, 0.717) is 17.5 Å². The number of amides is 1. The molecule has 2 rings (SSSR count). The number of benzene rings is 1. The zero-order valence-corrected chi connectivity index (χ0v) is 16.0. The number of hydrogen-bond acceptors (Lipinski definition) is 6. The molecule has 1 aliphatic rings. The van der Waals surface area contributed by atoms with Crippen LogP contribution in [0.25, 0.3) is 0 Å². The molecule has 1 aromatic carbocycles. The number of hydrogen-bond donors (Lipinski definition) is 3. The predicted octanol–water partition coefficient (Wildman–Crippen LogP) is 1.60. The fourth-order valence-corrected chi connectivity index (χ4v) is 2.79. The fraction of sp³-hybridized carbons (Fsp3) is 0.632. The van der Waals surface area contributed by atoms with Crippen LogP contribution in [0.2, 0.25) is 0 Å². The van der Waals surface area contributed by atoms with E-state index < -0.39 is 0 Å². The molecular weight excluding hydrogens is 334 g/mol. The van der Waals surface area contributed by atoms with E-state index in [9.17, 15) is 9.90 Å². The Kier molecular flexibility index (Phi) is 8.15. The molecule has 1 heterocycles. The van der Waals surface area contributed by atoms with Crippen LogP contribution in [0.1, 0.15) is 25.8 Å². The number of likely N-dealkylation sites (N-methyl/N-ethyl adjacent to an activating group) is 1. The second-order valence-corrected chi connectivity index (χ2v) is 6.86. The highest BCUT2D eigenvalue weighted by Crippen LogP contribution is 2.39. The summed E-state index contributed by atoms with van der Waals surface area (Å²) in [6, 6.07) is 3.43. The van der Waals surface area contributed by atoms with Crippen molar-refractivity contribution in [1.82, 2.24) is 10.2 Å². The van der Waals surface area contributed by atoms with Crippen molar-refractivity contribution in [2.24, 2.45) is 0 Å². The Hall–Kier alpha value is -1.83. The van der Waals surface area contributed by atoms with Crippen LogP contribution in [0, 0.1) is 0 Å². The number of fused-ring (bicyclic) bond motifs is 1. The first-order valence-corrected chi connectivity index (χ1v) is 9.25. The topological polar surface area (TPSA) is 83.1 Å². The van der Waals surface area contributed by atoms with E-state index in [0.717, 1.165) is 51.2 Å². The lowest BCUT2D eigenvalue weighted by molar-refractivity contribution is -0.118. The number of phenolic OH excluding ortho intramolecular Hbond substituents is 1. The van der Waals surface area contributed by atoms with Crippen molar-refractivity contribution in [2.75, 3.05) is 51.8 Å². The highest BCUT2D eigenvalue weighted by atomic mass is 16.5. The van der Waals surface area contributed by atoms with E-state index >= 15 is 0 Å². The molecule has 26 heavy (non-hydrogen) atoms. The van der Waals surface area contributed by atoms with E-state index in [2.05, 4.69) is 36.4 Å². The lowest BCUT2D eigenvalue weighted by atomic mass is 10.1. The van der Waals surface area contributed by atoms with Gasteiger partial charge in [-0.2, -0.15) is 0 Å². The smallest absolute Gasteiger partial charge is 0.262 e. The molecule has 7 nitrogen and oxygen atoms in total. The Balaban J connectivity index is 1.66. The van der Waals surface area contributed by atoms with E-state index in [1.54, 1.807) is 6.07 Å². The van der Waals surface area contributed by atoms with Gasteiger partial charge >= 0.3 is 0 Å². The summed E-state index contributed by atoms with van der Waals surface area (Å²) in [6.07, 6.45) is 2.10. The molecule has 0 saturated carbocycles. The van der Waals surface area contributed by atoms with Gasteiger partial charge < -0.3 is 30.1 Å². The van der Waals surface area contributed by atoms with Gasteiger partial charge in [0.15, 0.2) is 12.4 Å². The molecule has 146 valence electrons. The number of ether oxygens (including phenoxy) is 2. The number of nitrogens with zero attached hydrogens (tertiary/aromatic N) is 1. The number of nitrogens with one attached hydrogen (secondary N) is 2. The van der Waals surface area contributed by atoms with Crippen LogP contribution >= 0.6 is 0 Å². The molecule has 0 atom stereocenters. The molecule has 3 N–H and O–H groups in total. The molecule has 0 radical (unpaired) electrons. The Morgan fingerprint density at radius 1 is 1.35 bits per heavy atom. The van der Waals surface area contributed by atoms with Gasteiger partial charge in [0.2, 0.25) is 0 Å². The Bertz CT molecular complexity index is 592. The van der Waals surface area contributed by atoms with Crippen LogP contribution in [0.3, 0.4) is 0 Å². The third kappa shape index (κ3) is 6.48. The van der Waals surface area contributed by atoms with Gasteiger partial charge in [-0.25, -0.2) is 0 Å². The molecule has 0 aliphatic carbocycles. The van der Waals surface area contributed by atoms with Crippen molar-refractivity contribution in [3.63, 3.8) is 0 Å². The lowest BCUT2D eigenvalue weighted by Crippen LogP contribution is -2.31.